The van der Waals surface area contributed by atoms with Gasteiger partial charge in [-0.2, -0.15) is 5.10 Å². The van der Waals surface area contributed by atoms with Crippen molar-refractivity contribution in [3.8, 4) is 0 Å². The van der Waals surface area contributed by atoms with Crippen molar-refractivity contribution in [2.75, 3.05) is 18.6 Å². The molecule has 3 heterocycles. The van der Waals surface area contributed by atoms with Gasteiger partial charge in [-0.25, -0.2) is 8.42 Å². The molecule has 0 aliphatic carbocycles. The first kappa shape index (κ1) is 16.9. The third kappa shape index (κ3) is 4.33. The molecular weight excluding hydrogens is 358 g/mol. The van der Waals surface area contributed by atoms with Crippen molar-refractivity contribution in [1.29, 1.82) is 0 Å². The second kappa shape index (κ2) is 6.52. The fourth-order valence-electron chi connectivity index (χ4n) is 2.67. The number of thiophene rings is 1. The molecule has 6 nitrogen and oxygen atoms in total. The van der Waals surface area contributed by atoms with Crippen LogP contribution in [0.15, 0.2) is 18.2 Å². The lowest BCUT2D eigenvalue weighted by molar-refractivity contribution is 0.191. The highest BCUT2D eigenvalue weighted by Crippen LogP contribution is 2.25. The number of fused-ring (bicyclic) bond motifs is 1. The highest BCUT2D eigenvalue weighted by Gasteiger charge is 2.23. The third-order valence-electron chi connectivity index (χ3n) is 3.71. The summed E-state index contributed by atoms with van der Waals surface area (Å²) in [6, 6.07) is 5.72. The molecule has 1 aliphatic heterocycles. The smallest absolute Gasteiger partial charge is 0.150 e. The second-order valence-corrected chi connectivity index (χ2v) is 9.79. The minimum Gasteiger partial charge on any atom is -0.386 e. The maximum absolute atomic E-state index is 11.3. The first-order valence-corrected chi connectivity index (χ1v) is 10.4. The van der Waals surface area contributed by atoms with Crippen molar-refractivity contribution in [3.05, 3.63) is 38.8 Å². The molecule has 9 heteroatoms. The maximum atomic E-state index is 11.3. The van der Waals surface area contributed by atoms with Gasteiger partial charge in [-0.05, 0) is 18.2 Å². The summed E-state index contributed by atoms with van der Waals surface area (Å²) >= 11 is 7.53. The summed E-state index contributed by atoms with van der Waals surface area (Å²) < 4.78 is 25.2. The average Bonchev–Trinajstić information content (AvgIpc) is 3.02. The van der Waals surface area contributed by atoms with E-state index < -0.39 is 15.9 Å². The first-order chi connectivity index (χ1) is 10.8. The third-order valence-corrected chi connectivity index (χ3v) is 5.84. The van der Waals surface area contributed by atoms with Gasteiger partial charge in [0.2, 0.25) is 0 Å². The van der Waals surface area contributed by atoms with Crippen LogP contribution in [-0.4, -0.2) is 46.8 Å². The maximum Gasteiger partial charge on any atom is 0.150 e. The van der Waals surface area contributed by atoms with Crippen LogP contribution in [0.2, 0.25) is 4.34 Å². The van der Waals surface area contributed by atoms with E-state index >= 15 is 0 Å². The van der Waals surface area contributed by atoms with E-state index in [0.717, 1.165) is 35.9 Å². The van der Waals surface area contributed by atoms with E-state index in [9.17, 15) is 13.5 Å². The molecule has 1 atom stereocenters. The lowest BCUT2D eigenvalue weighted by atomic mass is 10.2. The molecule has 0 spiro atoms. The number of rotatable bonds is 5. The summed E-state index contributed by atoms with van der Waals surface area (Å²) in [5.41, 5.74) is 1.41. The molecule has 1 aliphatic rings. The number of halogens is 1. The van der Waals surface area contributed by atoms with Gasteiger partial charge in [-0.3, -0.25) is 9.58 Å². The van der Waals surface area contributed by atoms with Crippen LogP contribution in [0.1, 0.15) is 22.4 Å². The molecule has 23 heavy (non-hydrogen) atoms. The molecule has 0 amide bonds. The second-order valence-electron chi connectivity index (χ2n) is 5.81. The molecule has 1 N–H and O–H groups in total. The van der Waals surface area contributed by atoms with Crippen LogP contribution in [0.25, 0.3) is 0 Å². The Morgan fingerprint density at radius 2 is 2.22 bits per heavy atom. The van der Waals surface area contributed by atoms with Crippen LogP contribution < -0.4 is 0 Å². The van der Waals surface area contributed by atoms with Gasteiger partial charge in [0.05, 0.1) is 28.0 Å². The van der Waals surface area contributed by atoms with Crippen LogP contribution in [0.5, 0.6) is 0 Å². The fourth-order valence-corrected chi connectivity index (χ4v) is 4.54. The van der Waals surface area contributed by atoms with E-state index in [4.69, 9.17) is 11.6 Å². The molecule has 2 aromatic heterocycles. The van der Waals surface area contributed by atoms with E-state index in [2.05, 4.69) is 10.00 Å². The zero-order valence-corrected chi connectivity index (χ0v) is 15.0. The Labute approximate surface area is 144 Å². The minimum absolute atomic E-state index is 0.305. The Morgan fingerprint density at radius 1 is 1.43 bits per heavy atom. The molecule has 0 bridgehead atoms. The first-order valence-electron chi connectivity index (χ1n) is 7.19. The lowest BCUT2D eigenvalue weighted by Gasteiger charge is -2.26. The minimum atomic E-state index is -3.24. The van der Waals surface area contributed by atoms with Crippen LogP contribution in [0.3, 0.4) is 0 Å². The molecule has 0 aromatic carbocycles. The predicted molar refractivity (Wildman–Crippen MR) is 90.3 cm³/mol. The summed E-state index contributed by atoms with van der Waals surface area (Å²) in [4.78, 5) is 3.49. The molecule has 126 valence electrons. The predicted octanol–water partition coefficient (Wildman–Crippen LogP) is 1.69. The van der Waals surface area contributed by atoms with Gasteiger partial charge in [-0.15, -0.1) is 11.3 Å². The van der Waals surface area contributed by atoms with Gasteiger partial charge >= 0.3 is 0 Å². The van der Waals surface area contributed by atoms with Crippen molar-refractivity contribution >= 4 is 32.8 Å². The van der Waals surface area contributed by atoms with E-state index in [1.165, 1.54) is 4.88 Å². The quantitative estimate of drug-likeness (QED) is 0.860. The number of aromatic nitrogens is 2. The number of nitrogens with zero attached hydrogens (tertiary/aromatic N) is 3. The number of aliphatic hydroxyl groups is 1. The van der Waals surface area contributed by atoms with Crippen molar-refractivity contribution in [1.82, 2.24) is 14.7 Å². The van der Waals surface area contributed by atoms with Gasteiger partial charge in [0.15, 0.2) is 0 Å². The van der Waals surface area contributed by atoms with Crippen molar-refractivity contribution < 1.29 is 13.5 Å². The Kier molecular flexibility index (Phi) is 4.80. The topological polar surface area (TPSA) is 75.4 Å². The molecular formula is C14H18ClN3O3S2. The number of sulfone groups is 1. The van der Waals surface area contributed by atoms with Gasteiger partial charge in [0.1, 0.15) is 15.9 Å². The Bertz CT molecular complexity index is 800. The Hall–Kier alpha value is -0.930. The number of hydrogen-bond donors (Lipinski definition) is 1. The van der Waals surface area contributed by atoms with Gasteiger partial charge < -0.3 is 5.11 Å². The van der Waals surface area contributed by atoms with Gasteiger partial charge in [0, 0.05) is 30.8 Å². The van der Waals surface area contributed by atoms with E-state index in [-0.39, 0.29) is 5.75 Å². The summed E-state index contributed by atoms with van der Waals surface area (Å²) in [5, 5.41) is 14.4. The fraction of sp³-hybridized carbons (Fsp3) is 0.500. The Balaban J connectivity index is 1.69. The van der Waals surface area contributed by atoms with Crippen molar-refractivity contribution in [2.45, 2.75) is 25.7 Å². The SMILES string of the molecule is CS(=O)(=O)C[C@@H](O)c1cc2n(n1)CCN(Cc1ccc(Cl)s1)C2. The lowest BCUT2D eigenvalue weighted by Crippen LogP contribution is -2.33. The van der Waals surface area contributed by atoms with Crippen LogP contribution >= 0.6 is 22.9 Å². The summed E-state index contributed by atoms with van der Waals surface area (Å²) in [6.07, 6.45) is 0.0350. The van der Waals surface area contributed by atoms with Crippen LogP contribution in [0, 0.1) is 0 Å². The summed E-state index contributed by atoms with van der Waals surface area (Å²) in [6.45, 7) is 3.11. The summed E-state index contributed by atoms with van der Waals surface area (Å²) in [5.74, 6) is -0.305. The highest BCUT2D eigenvalue weighted by atomic mass is 35.5. The molecule has 0 radical (unpaired) electrons. The van der Waals surface area contributed by atoms with Crippen molar-refractivity contribution in [2.24, 2.45) is 0 Å². The number of hydrogen-bond acceptors (Lipinski definition) is 6. The average molecular weight is 376 g/mol. The van der Waals surface area contributed by atoms with E-state index in [1.807, 2.05) is 16.8 Å². The monoisotopic (exact) mass is 375 g/mol. The molecule has 0 saturated heterocycles. The zero-order valence-electron chi connectivity index (χ0n) is 12.6. The highest BCUT2D eigenvalue weighted by molar-refractivity contribution is 7.90. The summed E-state index contributed by atoms with van der Waals surface area (Å²) in [7, 11) is -3.24. The molecule has 2 aromatic rings. The molecule has 0 unspecified atom stereocenters. The van der Waals surface area contributed by atoms with Gasteiger partial charge in [0.25, 0.3) is 0 Å². The van der Waals surface area contributed by atoms with Crippen LogP contribution in [0.4, 0.5) is 0 Å². The van der Waals surface area contributed by atoms with Crippen molar-refractivity contribution in [3.63, 3.8) is 0 Å². The van der Waals surface area contributed by atoms with E-state index in [0.29, 0.717) is 12.2 Å². The number of aliphatic hydroxyl groups excluding tert-OH is 1. The molecule has 0 fully saturated rings. The Morgan fingerprint density at radius 3 is 2.87 bits per heavy atom. The normalized spacial score (nSPS) is 17.2. The standard InChI is InChI=1S/C14H18ClN3O3S2/c1-23(20,21)9-13(19)12-6-10-7-17(4-5-18(10)16-12)8-11-2-3-14(15)22-11/h2-3,6,13,19H,4-5,7-9H2,1H3/t13-/m1/s1. The van der Waals surface area contributed by atoms with E-state index in [1.54, 1.807) is 17.4 Å². The van der Waals surface area contributed by atoms with Crippen LogP contribution in [-0.2, 0) is 29.5 Å². The molecule has 0 saturated carbocycles. The molecule has 3 rings (SSSR count). The van der Waals surface area contributed by atoms with Gasteiger partial charge in [-0.1, -0.05) is 11.6 Å². The largest absolute Gasteiger partial charge is 0.386 e. The zero-order chi connectivity index (χ0) is 16.6.